The van der Waals surface area contributed by atoms with Crippen molar-refractivity contribution in [1.82, 2.24) is 0 Å². The maximum atomic E-state index is 13.3. The first-order valence-electron chi connectivity index (χ1n) is 8.77. The molecule has 0 saturated heterocycles. The van der Waals surface area contributed by atoms with E-state index in [1.807, 2.05) is 97.9 Å². The molecule has 1 amide bonds. The van der Waals surface area contributed by atoms with E-state index in [9.17, 15) is 4.79 Å². The van der Waals surface area contributed by atoms with E-state index in [2.05, 4.69) is 15.9 Å². The summed E-state index contributed by atoms with van der Waals surface area (Å²) in [6, 6.07) is 26.0. The van der Waals surface area contributed by atoms with Crippen LogP contribution in [0, 0.1) is 6.92 Å². The van der Waals surface area contributed by atoms with Gasteiger partial charge in [-0.3, -0.25) is 9.69 Å². The molecule has 3 aromatic rings. The van der Waals surface area contributed by atoms with Crippen LogP contribution in [-0.4, -0.2) is 5.91 Å². The van der Waals surface area contributed by atoms with Crippen LogP contribution in [0.4, 0.5) is 5.69 Å². The highest BCUT2D eigenvalue weighted by Gasteiger charge is 2.30. The lowest BCUT2D eigenvalue weighted by Crippen LogP contribution is -2.25. The first-order valence-corrected chi connectivity index (χ1v) is 9.57. The number of benzene rings is 3. The second-order valence-corrected chi connectivity index (χ2v) is 7.44. The molecule has 0 bridgehead atoms. The third-order valence-electron chi connectivity index (χ3n) is 4.50. The summed E-state index contributed by atoms with van der Waals surface area (Å²) in [4.78, 5) is 15.1. The molecule has 1 aliphatic heterocycles. The Bertz CT molecular complexity index is 1050. The SMILES string of the molecule is Cc1cccc(N2C(=O)/C(=C/c3ccc(Br)cc3)C=C2c2ccccc2)c1. The van der Waals surface area contributed by atoms with Crippen molar-refractivity contribution in [1.29, 1.82) is 0 Å². The molecular weight excluding hydrogens is 398 g/mol. The molecule has 3 aromatic carbocycles. The topological polar surface area (TPSA) is 20.3 Å². The van der Waals surface area contributed by atoms with Crippen LogP contribution in [0.25, 0.3) is 11.8 Å². The van der Waals surface area contributed by atoms with Crippen LogP contribution in [0.1, 0.15) is 16.7 Å². The molecule has 0 saturated carbocycles. The Morgan fingerprint density at radius 3 is 2.33 bits per heavy atom. The van der Waals surface area contributed by atoms with Gasteiger partial charge < -0.3 is 0 Å². The summed E-state index contributed by atoms with van der Waals surface area (Å²) in [6.45, 7) is 2.04. The number of halogens is 1. The van der Waals surface area contributed by atoms with Crippen LogP contribution in [0.5, 0.6) is 0 Å². The van der Waals surface area contributed by atoms with Crippen LogP contribution in [-0.2, 0) is 4.79 Å². The molecule has 1 aliphatic rings. The van der Waals surface area contributed by atoms with E-state index in [1.54, 1.807) is 4.90 Å². The number of amides is 1. The number of aryl methyl sites for hydroxylation is 1. The molecule has 27 heavy (non-hydrogen) atoms. The predicted molar refractivity (Wildman–Crippen MR) is 115 cm³/mol. The molecule has 2 nitrogen and oxygen atoms in total. The van der Waals surface area contributed by atoms with Gasteiger partial charge >= 0.3 is 0 Å². The van der Waals surface area contributed by atoms with E-state index in [0.29, 0.717) is 5.57 Å². The standard InChI is InChI=1S/C24H18BrNO/c1-17-6-5-9-22(14-17)26-23(19-7-3-2-4-8-19)16-20(24(26)27)15-18-10-12-21(25)13-11-18/h2-16H,1H3/b20-15+. The number of hydrogen-bond donors (Lipinski definition) is 0. The molecule has 0 aromatic heterocycles. The molecule has 0 spiro atoms. The number of hydrogen-bond acceptors (Lipinski definition) is 1. The fraction of sp³-hybridized carbons (Fsp3) is 0.0417. The lowest BCUT2D eigenvalue weighted by molar-refractivity contribution is -0.113. The fourth-order valence-corrected chi connectivity index (χ4v) is 3.46. The Balaban J connectivity index is 1.82. The number of anilines is 1. The van der Waals surface area contributed by atoms with Gasteiger partial charge in [0.15, 0.2) is 0 Å². The van der Waals surface area contributed by atoms with Gasteiger partial charge in [-0.25, -0.2) is 0 Å². The van der Waals surface area contributed by atoms with E-state index in [0.717, 1.165) is 32.5 Å². The number of nitrogens with zero attached hydrogens (tertiary/aromatic N) is 1. The van der Waals surface area contributed by atoms with Gasteiger partial charge in [-0.05, 0) is 60.0 Å². The second-order valence-electron chi connectivity index (χ2n) is 6.53. The summed E-state index contributed by atoms with van der Waals surface area (Å²) in [7, 11) is 0. The van der Waals surface area contributed by atoms with Crippen molar-refractivity contribution in [3.63, 3.8) is 0 Å². The highest BCUT2D eigenvalue weighted by Crippen LogP contribution is 2.35. The van der Waals surface area contributed by atoms with Crippen molar-refractivity contribution in [2.75, 3.05) is 4.90 Å². The first kappa shape index (κ1) is 17.5. The van der Waals surface area contributed by atoms with E-state index >= 15 is 0 Å². The molecule has 0 unspecified atom stereocenters. The van der Waals surface area contributed by atoms with Crippen molar-refractivity contribution in [3.05, 3.63) is 112 Å². The molecule has 0 aliphatic carbocycles. The highest BCUT2D eigenvalue weighted by molar-refractivity contribution is 9.10. The average molecular weight is 416 g/mol. The Morgan fingerprint density at radius 2 is 1.63 bits per heavy atom. The van der Waals surface area contributed by atoms with E-state index in [-0.39, 0.29) is 5.91 Å². The van der Waals surface area contributed by atoms with Crippen molar-refractivity contribution >= 4 is 39.3 Å². The Labute approximate surface area is 167 Å². The largest absolute Gasteiger partial charge is 0.276 e. The quantitative estimate of drug-likeness (QED) is 0.464. The summed E-state index contributed by atoms with van der Waals surface area (Å²) in [6.07, 6.45) is 3.91. The zero-order chi connectivity index (χ0) is 18.8. The van der Waals surface area contributed by atoms with E-state index < -0.39 is 0 Å². The predicted octanol–water partition coefficient (Wildman–Crippen LogP) is 6.23. The van der Waals surface area contributed by atoms with Crippen molar-refractivity contribution in [2.24, 2.45) is 0 Å². The minimum Gasteiger partial charge on any atom is -0.276 e. The van der Waals surface area contributed by atoms with E-state index in [1.165, 1.54) is 0 Å². The molecule has 0 N–H and O–H groups in total. The maximum absolute atomic E-state index is 13.3. The molecule has 3 heteroatoms. The van der Waals surface area contributed by atoms with Crippen LogP contribution in [0.15, 0.2) is 95.0 Å². The lowest BCUT2D eigenvalue weighted by atomic mass is 10.1. The van der Waals surface area contributed by atoms with Gasteiger partial charge in [0, 0.05) is 15.7 Å². The Hall–Kier alpha value is -2.91. The maximum Gasteiger partial charge on any atom is 0.262 e. The number of carbonyl (C=O) groups is 1. The van der Waals surface area contributed by atoms with Gasteiger partial charge in [0.25, 0.3) is 5.91 Å². The fourth-order valence-electron chi connectivity index (χ4n) is 3.20. The van der Waals surface area contributed by atoms with Gasteiger partial charge in [0.2, 0.25) is 0 Å². The molecule has 132 valence electrons. The Morgan fingerprint density at radius 1 is 0.889 bits per heavy atom. The highest BCUT2D eigenvalue weighted by atomic mass is 79.9. The monoisotopic (exact) mass is 415 g/mol. The molecule has 0 radical (unpaired) electrons. The Kier molecular flexibility index (Phi) is 4.78. The van der Waals surface area contributed by atoms with Gasteiger partial charge in [-0.15, -0.1) is 0 Å². The zero-order valence-corrected chi connectivity index (χ0v) is 16.5. The molecule has 0 atom stereocenters. The summed E-state index contributed by atoms with van der Waals surface area (Å²) < 4.78 is 1.02. The van der Waals surface area contributed by atoms with Crippen LogP contribution >= 0.6 is 15.9 Å². The third-order valence-corrected chi connectivity index (χ3v) is 5.03. The third kappa shape index (κ3) is 3.64. The van der Waals surface area contributed by atoms with Gasteiger partial charge in [0.05, 0.1) is 5.70 Å². The summed E-state index contributed by atoms with van der Waals surface area (Å²) >= 11 is 3.45. The van der Waals surface area contributed by atoms with Crippen molar-refractivity contribution in [2.45, 2.75) is 6.92 Å². The number of carbonyl (C=O) groups excluding carboxylic acids is 1. The molecule has 1 heterocycles. The van der Waals surface area contributed by atoms with Gasteiger partial charge in [0.1, 0.15) is 0 Å². The second kappa shape index (κ2) is 7.37. The minimum absolute atomic E-state index is 0.0117. The summed E-state index contributed by atoms with van der Waals surface area (Å²) in [5, 5.41) is 0. The van der Waals surface area contributed by atoms with Gasteiger partial charge in [-0.2, -0.15) is 0 Å². The van der Waals surface area contributed by atoms with Crippen LogP contribution < -0.4 is 4.90 Å². The minimum atomic E-state index is -0.0117. The molecular formula is C24H18BrNO. The van der Waals surface area contributed by atoms with Crippen LogP contribution in [0.2, 0.25) is 0 Å². The smallest absolute Gasteiger partial charge is 0.262 e. The zero-order valence-electron chi connectivity index (χ0n) is 14.9. The normalized spacial score (nSPS) is 15.3. The molecule has 4 rings (SSSR count). The van der Waals surface area contributed by atoms with Crippen LogP contribution in [0.3, 0.4) is 0 Å². The lowest BCUT2D eigenvalue weighted by Gasteiger charge is -2.21. The van der Waals surface area contributed by atoms with Crippen molar-refractivity contribution < 1.29 is 4.79 Å². The van der Waals surface area contributed by atoms with E-state index in [4.69, 9.17) is 0 Å². The summed E-state index contributed by atoms with van der Waals surface area (Å²) in [5.74, 6) is -0.0117. The first-order chi connectivity index (χ1) is 13.1. The average Bonchev–Trinajstić information content (AvgIpc) is 3.01. The van der Waals surface area contributed by atoms with Crippen molar-refractivity contribution in [3.8, 4) is 0 Å². The molecule has 0 fully saturated rings. The summed E-state index contributed by atoms with van der Waals surface area (Å²) in [5.41, 5.74) is 5.60. The van der Waals surface area contributed by atoms with Gasteiger partial charge in [-0.1, -0.05) is 70.5 Å². The number of rotatable bonds is 3.